The second-order valence-corrected chi connectivity index (χ2v) is 15.4. The van der Waals surface area contributed by atoms with Gasteiger partial charge < -0.3 is 0 Å². The second-order valence-electron chi connectivity index (χ2n) is 15.4. The van der Waals surface area contributed by atoms with Gasteiger partial charge in [0, 0.05) is 0 Å². The number of rotatable bonds is 8. The molecule has 0 aromatic rings. The first kappa shape index (κ1) is 27.8. The fourth-order valence-electron chi connectivity index (χ4n) is 10.7. The average molecular weight is 505 g/mol. The van der Waals surface area contributed by atoms with Crippen molar-refractivity contribution in [2.75, 3.05) is 0 Å². The van der Waals surface area contributed by atoms with Gasteiger partial charge in [0.2, 0.25) is 0 Å². The number of allylic oxidation sites excluding steroid dienone is 6. The monoisotopic (exact) mass is 504 g/mol. The van der Waals surface area contributed by atoms with Crippen LogP contribution in [0.25, 0.3) is 0 Å². The van der Waals surface area contributed by atoms with Crippen molar-refractivity contribution >= 4 is 0 Å². The molecule has 0 aromatic heterocycles. The summed E-state index contributed by atoms with van der Waals surface area (Å²) in [5, 5.41) is 0. The molecule has 0 heterocycles. The molecule has 208 valence electrons. The smallest absolute Gasteiger partial charge is 0.0109 e. The van der Waals surface area contributed by atoms with Crippen LogP contribution in [-0.2, 0) is 0 Å². The van der Waals surface area contributed by atoms with Gasteiger partial charge in [0.15, 0.2) is 0 Å². The lowest BCUT2D eigenvalue weighted by Crippen LogP contribution is -2.49. The van der Waals surface area contributed by atoms with Crippen LogP contribution in [0.1, 0.15) is 138 Å². The van der Waals surface area contributed by atoms with Crippen LogP contribution in [-0.4, -0.2) is 0 Å². The molecule has 0 heteroatoms. The maximum Gasteiger partial charge on any atom is -0.0109 e. The molecule has 6 unspecified atom stereocenters. The van der Waals surface area contributed by atoms with Crippen molar-refractivity contribution in [1.82, 2.24) is 0 Å². The Labute approximate surface area is 231 Å². The van der Waals surface area contributed by atoms with Gasteiger partial charge in [-0.15, -0.1) is 0 Å². The van der Waals surface area contributed by atoms with Crippen LogP contribution >= 0.6 is 0 Å². The minimum atomic E-state index is 0.296. The third kappa shape index (κ3) is 5.48. The standard InChI is InChI=1S/C37H60/c1-7-9-11-28-15-18-31-29(25-28)16-19-33-32(31)22-23-37(6)34(20-21-35(33)37)26(3)24-27-12-10-13-30(17-14-27)36(4,5)8-2/h12-14,17,26,28-29,31-35H,7-11,15-16,18-25H2,1-6H3/t26?,28?,29?,31?,32-,33?,34-,35+,37?/m1/s1. The van der Waals surface area contributed by atoms with E-state index in [2.05, 4.69) is 65.8 Å². The second kappa shape index (κ2) is 11.4. The summed E-state index contributed by atoms with van der Waals surface area (Å²) in [4.78, 5) is 0. The van der Waals surface area contributed by atoms with Crippen LogP contribution in [0.4, 0.5) is 0 Å². The van der Waals surface area contributed by atoms with E-state index in [-0.39, 0.29) is 0 Å². The summed E-state index contributed by atoms with van der Waals surface area (Å²) in [6, 6.07) is 0. The average Bonchev–Trinajstić information content (AvgIpc) is 3.08. The summed E-state index contributed by atoms with van der Waals surface area (Å²) in [6.07, 6.45) is 31.9. The molecule has 0 aromatic carbocycles. The molecule has 0 spiro atoms. The van der Waals surface area contributed by atoms with E-state index in [1.54, 1.807) is 44.1 Å². The largest absolute Gasteiger partial charge is 0.0775 e. The summed E-state index contributed by atoms with van der Waals surface area (Å²) < 4.78 is 0. The normalized spacial score (nSPS) is 40.6. The van der Waals surface area contributed by atoms with Crippen LogP contribution in [0.5, 0.6) is 0 Å². The first-order valence-electron chi connectivity index (χ1n) is 16.8. The van der Waals surface area contributed by atoms with E-state index in [9.17, 15) is 0 Å². The van der Waals surface area contributed by atoms with Gasteiger partial charge >= 0.3 is 0 Å². The van der Waals surface area contributed by atoms with Gasteiger partial charge in [-0.2, -0.15) is 0 Å². The van der Waals surface area contributed by atoms with Crippen molar-refractivity contribution in [3.8, 4) is 0 Å². The molecule has 0 bridgehead atoms. The molecule has 0 aliphatic heterocycles. The molecule has 0 nitrogen and oxygen atoms in total. The Kier molecular flexibility index (Phi) is 8.54. The third-order valence-corrected chi connectivity index (χ3v) is 13.2. The summed E-state index contributed by atoms with van der Waals surface area (Å²) in [5.41, 5.74) is 4.04. The van der Waals surface area contributed by atoms with Crippen LogP contribution in [0.3, 0.4) is 0 Å². The molecule has 5 rings (SSSR count). The number of hydrogen-bond acceptors (Lipinski definition) is 0. The molecule has 0 amide bonds. The predicted molar refractivity (Wildman–Crippen MR) is 161 cm³/mol. The fourth-order valence-corrected chi connectivity index (χ4v) is 10.7. The first-order valence-corrected chi connectivity index (χ1v) is 16.8. The molecule has 0 radical (unpaired) electrons. The SMILES string of the molecule is CCCCC1CCC2C(CCC3[C@@H]2CCC2(C)[C@@H](C(C)CC4=CCC=C(C(C)(C)CC)C=C4)CC[C@@H]32)C1. The lowest BCUT2D eigenvalue weighted by atomic mass is 9.48. The zero-order valence-electron chi connectivity index (χ0n) is 25.5. The van der Waals surface area contributed by atoms with Gasteiger partial charge in [-0.25, -0.2) is 0 Å². The maximum atomic E-state index is 2.76. The Morgan fingerprint density at radius 3 is 2.51 bits per heavy atom. The van der Waals surface area contributed by atoms with E-state index in [1.165, 1.54) is 56.9 Å². The van der Waals surface area contributed by atoms with Crippen molar-refractivity contribution in [1.29, 1.82) is 0 Å². The molecule has 37 heavy (non-hydrogen) atoms. The Morgan fingerprint density at radius 1 is 0.919 bits per heavy atom. The molecule has 5 aliphatic rings. The zero-order valence-corrected chi connectivity index (χ0v) is 25.5. The van der Waals surface area contributed by atoms with Crippen molar-refractivity contribution in [3.05, 3.63) is 35.5 Å². The molecule has 4 saturated carbocycles. The first-order chi connectivity index (χ1) is 17.8. The predicted octanol–water partition coefficient (Wildman–Crippen LogP) is 11.3. The quantitative estimate of drug-likeness (QED) is 0.308. The summed E-state index contributed by atoms with van der Waals surface area (Å²) >= 11 is 0. The molecule has 0 N–H and O–H groups in total. The molecule has 5 aliphatic carbocycles. The minimum absolute atomic E-state index is 0.296. The summed E-state index contributed by atoms with van der Waals surface area (Å²) in [6.45, 7) is 14.9. The Balaban J connectivity index is 1.21. The van der Waals surface area contributed by atoms with Gasteiger partial charge in [0.05, 0.1) is 0 Å². The zero-order chi connectivity index (χ0) is 26.2. The van der Waals surface area contributed by atoms with E-state index in [4.69, 9.17) is 0 Å². The van der Waals surface area contributed by atoms with Crippen molar-refractivity contribution in [2.45, 2.75) is 138 Å². The number of hydrogen-bond donors (Lipinski definition) is 0. The highest BCUT2D eigenvalue weighted by atomic mass is 14.6. The van der Waals surface area contributed by atoms with Gasteiger partial charge in [-0.05, 0) is 134 Å². The van der Waals surface area contributed by atoms with E-state index < -0.39 is 0 Å². The van der Waals surface area contributed by atoms with Crippen LogP contribution in [0.2, 0.25) is 0 Å². The van der Waals surface area contributed by atoms with Crippen molar-refractivity contribution in [2.24, 2.45) is 58.2 Å². The Morgan fingerprint density at radius 2 is 1.73 bits per heavy atom. The van der Waals surface area contributed by atoms with Gasteiger partial charge in [0.1, 0.15) is 0 Å². The summed E-state index contributed by atoms with van der Waals surface area (Å²) in [5.74, 6) is 8.15. The highest BCUT2D eigenvalue weighted by molar-refractivity contribution is 5.35. The third-order valence-electron chi connectivity index (χ3n) is 13.2. The van der Waals surface area contributed by atoms with Gasteiger partial charge in [0.25, 0.3) is 0 Å². The Bertz CT molecular complexity index is 868. The fraction of sp³-hybridized carbons (Fsp3) is 0.838. The highest BCUT2D eigenvalue weighted by Gasteiger charge is 2.57. The van der Waals surface area contributed by atoms with Gasteiger partial charge in [-0.3, -0.25) is 0 Å². The molecular weight excluding hydrogens is 444 g/mol. The van der Waals surface area contributed by atoms with Gasteiger partial charge in [-0.1, -0.05) is 97.1 Å². The molecule has 9 atom stereocenters. The number of fused-ring (bicyclic) bond motifs is 5. The van der Waals surface area contributed by atoms with E-state index in [0.29, 0.717) is 10.8 Å². The van der Waals surface area contributed by atoms with E-state index in [1.807, 2.05) is 0 Å². The van der Waals surface area contributed by atoms with Crippen LogP contribution in [0, 0.1) is 58.2 Å². The molecule has 4 fully saturated rings. The molecular formula is C37H60. The lowest BCUT2D eigenvalue weighted by molar-refractivity contribution is -0.0740. The van der Waals surface area contributed by atoms with Crippen molar-refractivity contribution in [3.63, 3.8) is 0 Å². The maximum absolute atomic E-state index is 2.76. The lowest BCUT2D eigenvalue weighted by Gasteiger charge is -2.57. The minimum Gasteiger partial charge on any atom is -0.0775 e. The van der Waals surface area contributed by atoms with E-state index in [0.717, 1.165) is 53.8 Å². The summed E-state index contributed by atoms with van der Waals surface area (Å²) in [7, 11) is 0. The number of unbranched alkanes of at least 4 members (excludes halogenated alkanes) is 1. The Hall–Kier alpha value is -0.780. The van der Waals surface area contributed by atoms with Crippen LogP contribution in [0.15, 0.2) is 35.5 Å². The van der Waals surface area contributed by atoms with E-state index >= 15 is 0 Å². The van der Waals surface area contributed by atoms with Crippen molar-refractivity contribution < 1.29 is 0 Å². The molecule has 0 saturated heterocycles. The topological polar surface area (TPSA) is 0 Å². The van der Waals surface area contributed by atoms with Crippen LogP contribution < -0.4 is 0 Å². The highest BCUT2D eigenvalue weighted by Crippen LogP contribution is 2.66.